The zero-order valence-corrected chi connectivity index (χ0v) is 20.8. The minimum atomic E-state index is -0.518. The molecular formula is C26H32N2O4S. The van der Waals surface area contributed by atoms with Crippen molar-refractivity contribution in [1.29, 1.82) is 0 Å². The quantitative estimate of drug-likeness (QED) is 0.601. The van der Waals surface area contributed by atoms with Crippen LogP contribution in [-0.2, 0) is 4.79 Å². The fraction of sp³-hybridized carbons (Fsp3) is 0.462. The van der Waals surface area contributed by atoms with E-state index in [1.54, 1.807) is 44.0 Å². The van der Waals surface area contributed by atoms with Crippen molar-refractivity contribution < 1.29 is 19.1 Å². The number of ether oxygens (including phenoxy) is 2. The average molecular weight is 469 g/mol. The fourth-order valence-electron chi connectivity index (χ4n) is 4.96. The first-order valence-electron chi connectivity index (χ1n) is 11.3. The smallest absolute Gasteiger partial charge is 0.254 e. The standard InChI is InChI=1S/C26H32N2O4S/c1-16-10-12-28(13-11-16)26(30)23-19-14-21(31-3)22(32-4)15-20(19)25(29)27(2)24(23)17-6-8-18(33-5)9-7-17/h6-9,14-16,23-24H,10-13H2,1-5H3/t23-,24+/m1/s1. The van der Waals surface area contributed by atoms with Gasteiger partial charge in [0.2, 0.25) is 5.91 Å². The van der Waals surface area contributed by atoms with E-state index < -0.39 is 12.0 Å². The first-order chi connectivity index (χ1) is 15.9. The molecule has 0 aliphatic carbocycles. The van der Waals surface area contributed by atoms with Crippen LogP contribution in [0.5, 0.6) is 11.5 Å². The first kappa shape index (κ1) is 23.5. The molecule has 7 heteroatoms. The lowest BCUT2D eigenvalue weighted by Crippen LogP contribution is -2.48. The Morgan fingerprint density at radius 3 is 2.21 bits per heavy atom. The molecule has 2 heterocycles. The maximum Gasteiger partial charge on any atom is 0.254 e. The second-order valence-electron chi connectivity index (χ2n) is 8.91. The number of piperidine rings is 1. The summed E-state index contributed by atoms with van der Waals surface area (Å²) in [6.45, 7) is 3.72. The molecule has 176 valence electrons. The van der Waals surface area contributed by atoms with Gasteiger partial charge in [0.25, 0.3) is 5.91 Å². The van der Waals surface area contributed by atoms with Gasteiger partial charge in [-0.25, -0.2) is 0 Å². The van der Waals surface area contributed by atoms with Crippen molar-refractivity contribution in [2.45, 2.75) is 36.6 Å². The average Bonchev–Trinajstić information content (AvgIpc) is 2.85. The molecule has 1 fully saturated rings. The highest BCUT2D eigenvalue weighted by Gasteiger charge is 2.45. The van der Waals surface area contributed by atoms with Crippen molar-refractivity contribution in [3.63, 3.8) is 0 Å². The molecule has 1 saturated heterocycles. The predicted octanol–water partition coefficient (Wildman–Crippen LogP) is 4.59. The van der Waals surface area contributed by atoms with E-state index in [4.69, 9.17) is 9.47 Å². The second-order valence-corrected chi connectivity index (χ2v) is 9.79. The monoisotopic (exact) mass is 468 g/mol. The Labute approximate surface area is 200 Å². The summed E-state index contributed by atoms with van der Waals surface area (Å²) in [5, 5.41) is 0. The third kappa shape index (κ3) is 4.31. The summed E-state index contributed by atoms with van der Waals surface area (Å²) >= 11 is 1.67. The van der Waals surface area contributed by atoms with Gasteiger partial charge in [-0.05, 0) is 60.4 Å². The van der Waals surface area contributed by atoms with E-state index in [9.17, 15) is 9.59 Å². The summed E-state index contributed by atoms with van der Waals surface area (Å²) in [7, 11) is 4.91. The maximum absolute atomic E-state index is 14.0. The SMILES string of the molecule is COc1cc2c(cc1OC)[C@@H](C(=O)N1CCC(C)CC1)[C@H](c1ccc(SC)cc1)N(C)C2=O. The minimum Gasteiger partial charge on any atom is -0.493 e. The van der Waals surface area contributed by atoms with Gasteiger partial charge in [-0.3, -0.25) is 9.59 Å². The highest BCUT2D eigenvalue weighted by Crippen LogP contribution is 2.46. The van der Waals surface area contributed by atoms with E-state index in [1.807, 2.05) is 41.5 Å². The van der Waals surface area contributed by atoms with E-state index in [-0.39, 0.29) is 11.8 Å². The van der Waals surface area contributed by atoms with Crippen LogP contribution in [0.1, 0.15) is 53.2 Å². The molecule has 33 heavy (non-hydrogen) atoms. The molecule has 2 amide bonds. The summed E-state index contributed by atoms with van der Waals surface area (Å²) in [5.74, 6) is 1.05. The van der Waals surface area contributed by atoms with Crippen LogP contribution in [0.2, 0.25) is 0 Å². The van der Waals surface area contributed by atoms with E-state index in [1.165, 1.54) is 0 Å². The van der Waals surface area contributed by atoms with Crippen LogP contribution in [0.15, 0.2) is 41.3 Å². The van der Waals surface area contributed by atoms with Crippen LogP contribution >= 0.6 is 11.8 Å². The first-order valence-corrected chi connectivity index (χ1v) is 12.6. The van der Waals surface area contributed by atoms with Crippen molar-refractivity contribution in [2.24, 2.45) is 5.92 Å². The number of carbonyl (C=O) groups is 2. The summed E-state index contributed by atoms with van der Waals surface area (Å²) in [6, 6.07) is 11.3. The Kier molecular flexibility index (Phi) is 6.88. The van der Waals surface area contributed by atoms with Gasteiger partial charge in [-0.15, -0.1) is 11.8 Å². The van der Waals surface area contributed by atoms with Crippen LogP contribution in [0.3, 0.4) is 0 Å². The maximum atomic E-state index is 14.0. The number of benzene rings is 2. The number of likely N-dealkylation sites (tertiary alicyclic amines) is 1. The molecule has 0 bridgehead atoms. The lowest BCUT2D eigenvalue weighted by molar-refractivity contribution is -0.135. The lowest BCUT2D eigenvalue weighted by atomic mass is 9.78. The Morgan fingerprint density at radius 2 is 1.64 bits per heavy atom. The van der Waals surface area contributed by atoms with Gasteiger partial charge in [0.05, 0.1) is 26.2 Å². The van der Waals surface area contributed by atoms with Crippen molar-refractivity contribution in [3.05, 3.63) is 53.1 Å². The number of carbonyl (C=O) groups excluding carboxylic acids is 2. The Bertz CT molecular complexity index is 1030. The van der Waals surface area contributed by atoms with Crippen molar-refractivity contribution in [2.75, 3.05) is 40.6 Å². The molecule has 2 aromatic rings. The molecule has 2 aromatic carbocycles. The van der Waals surface area contributed by atoms with Gasteiger partial charge in [-0.2, -0.15) is 0 Å². The van der Waals surface area contributed by atoms with Crippen molar-refractivity contribution in [1.82, 2.24) is 9.80 Å². The molecule has 4 rings (SSSR count). The number of hydrogen-bond donors (Lipinski definition) is 0. The molecule has 0 N–H and O–H groups in total. The van der Waals surface area contributed by atoms with E-state index >= 15 is 0 Å². The number of thioether (sulfide) groups is 1. The number of amides is 2. The molecule has 6 nitrogen and oxygen atoms in total. The Morgan fingerprint density at radius 1 is 1.03 bits per heavy atom. The molecule has 0 saturated carbocycles. The normalized spacial score (nSPS) is 21.1. The van der Waals surface area contributed by atoms with Gasteiger partial charge in [0, 0.05) is 30.6 Å². The molecule has 0 aromatic heterocycles. The number of hydrogen-bond acceptors (Lipinski definition) is 5. The van der Waals surface area contributed by atoms with Gasteiger partial charge in [-0.1, -0.05) is 19.1 Å². The molecule has 0 radical (unpaired) electrons. The van der Waals surface area contributed by atoms with Crippen molar-refractivity contribution in [3.8, 4) is 11.5 Å². The van der Waals surface area contributed by atoms with E-state index in [0.717, 1.165) is 36.4 Å². The third-order valence-corrected chi connectivity index (χ3v) is 7.74. The van der Waals surface area contributed by atoms with Crippen LogP contribution in [0, 0.1) is 5.92 Å². The molecule has 0 spiro atoms. The fourth-order valence-corrected chi connectivity index (χ4v) is 5.37. The molecule has 2 aliphatic heterocycles. The molecule has 0 unspecified atom stereocenters. The highest BCUT2D eigenvalue weighted by atomic mass is 32.2. The number of nitrogens with zero attached hydrogens (tertiary/aromatic N) is 2. The van der Waals surface area contributed by atoms with Crippen LogP contribution in [-0.4, -0.2) is 62.2 Å². The van der Waals surface area contributed by atoms with Crippen LogP contribution in [0.4, 0.5) is 0 Å². The number of rotatable bonds is 5. The van der Waals surface area contributed by atoms with Crippen LogP contribution in [0.25, 0.3) is 0 Å². The van der Waals surface area contributed by atoms with E-state index in [2.05, 4.69) is 6.92 Å². The number of fused-ring (bicyclic) bond motifs is 1. The van der Waals surface area contributed by atoms with Gasteiger partial charge >= 0.3 is 0 Å². The lowest BCUT2D eigenvalue weighted by Gasteiger charge is -2.43. The molecular weight excluding hydrogens is 436 g/mol. The van der Waals surface area contributed by atoms with Gasteiger partial charge in [0.1, 0.15) is 0 Å². The van der Waals surface area contributed by atoms with E-state index in [0.29, 0.717) is 28.5 Å². The van der Waals surface area contributed by atoms with Crippen molar-refractivity contribution >= 4 is 23.6 Å². The summed E-state index contributed by atoms with van der Waals surface area (Å²) < 4.78 is 11.0. The summed E-state index contributed by atoms with van der Waals surface area (Å²) in [5.41, 5.74) is 2.15. The van der Waals surface area contributed by atoms with Gasteiger partial charge < -0.3 is 19.3 Å². The zero-order valence-electron chi connectivity index (χ0n) is 20.0. The summed E-state index contributed by atoms with van der Waals surface area (Å²) in [6.07, 6.45) is 4.03. The molecule has 2 atom stereocenters. The van der Waals surface area contributed by atoms with Gasteiger partial charge in [0.15, 0.2) is 11.5 Å². The second kappa shape index (κ2) is 9.67. The topological polar surface area (TPSA) is 59.1 Å². The molecule has 2 aliphatic rings. The predicted molar refractivity (Wildman–Crippen MR) is 130 cm³/mol. The minimum absolute atomic E-state index is 0.0636. The Hall–Kier alpha value is -2.67. The summed E-state index contributed by atoms with van der Waals surface area (Å²) in [4.78, 5) is 32.3. The zero-order chi connectivity index (χ0) is 23.7. The largest absolute Gasteiger partial charge is 0.493 e. The highest BCUT2D eigenvalue weighted by molar-refractivity contribution is 7.98. The number of methoxy groups -OCH3 is 2. The number of likely N-dealkylation sites (N-methyl/N-ethyl adjacent to an activating group) is 1. The Balaban J connectivity index is 1.86. The van der Waals surface area contributed by atoms with Crippen LogP contribution < -0.4 is 9.47 Å². The third-order valence-electron chi connectivity index (χ3n) is 6.99.